The molecule has 0 saturated heterocycles. The molecule has 0 heterocycles. The smallest absolute Gasteiger partial charge is 0.221 e. The molecule has 0 spiro atoms. The second-order valence-electron chi connectivity index (χ2n) is 3.78. The Labute approximate surface area is 102 Å². The SMILES string of the molecule is C=C(CNC)COc1cccc(NC(C)=O)c1. The van der Waals surface area contributed by atoms with E-state index in [1.54, 1.807) is 6.07 Å². The number of nitrogens with one attached hydrogen (secondary N) is 2. The summed E-state index contributed by atoms with van der Waals surface area (Å²) in [6.07, 6.45) is 0. The number of likely N-dealkylation sites (N-methyl/N-ethyl adjacent to an activating group) is 1. The molecule has 1 amide bonds. The van der Waals surface area contributed by atoms with Crippen LogP contribution in [0.15, 0.2) is 36.4 Å². The van der Waals surface area contributed by atoms with Gasteiger partial charge in [0.2, 0.25) is 5.91 Å². The lowest BCUT2D eigenvalue weighted by Gasteiger charge is -2.09. The number of ether oxygens (including phenoxy) is 1. The molecule has 1 aromatic rings. The predicted molar refractivity (Wildman–Crippen MR) is 69.3 cm³/mol. The Morgan fingerprint density at radius 3 is 2.88 bits per heavy atom. The molecule has 4 heteroatoms. The molecule has 0 saturated carbocycles. The van der Waals surface area contributed by atoms with Crippen LogP contribution in [0.4, 0.5) is 5.69 Å². The number of carbonyl (C=O) groups is 1. The lowest BCUT2D eigenvalue weighted by molar-refractivity contribution is -0.114. The molecular formula is C13H18N2O2. The minimum absolute atomic E-state index is 0.0956. The van der Waals surface area contributed by atoms with Gasteiger partial charge >= 0.3 is 0 Å². The molecule has 0 aliphatic rings. The lowest BCUT2D eigenvalue weighted by atomic mass is 10.3. The van der Waals surface area contributed by atoms with E-state index in [-0.39, 0.29) is 5.91 Å². The number of hydrogen-bond acceptors (Lipinski definition) is 3. The van der Waals surface area contributed by atoms with Crippen LogP contribution in [0, 0.1) is 0 Å². The third-order valence-corrected chi connectivity index (χ3v) is 2.02. The fourth-order valence-electron chi connectivity index (χ4n) is 1.35. The van der Waals surface area contributed by atoms with Crippen LogP contribution in [0.25, 0.3) is 0 Å². The van der Waals surface area contributed by atoms with Gasteiger partial charge in [-0.2, -0.15) is 0 Å². The quantitative estimate of drug-likeness (QED) is 0.738. The molecule has 0 atom stereocenters. The molecule has 0 aliphatic heterocycles. The van der Waals surface area contributed by atoms with Crippen molar-refractivity contribution in [2.24, 2.45) is 0 Å². The van der Waals surface area contributed by atoms with Gasteiger partial charge < -0.3 is 15.4 Å². The zero-order chi connectivity index (χ0) is 12.7. The van der Waals surface area contributed by atoms with E-state index in [0.29, 0.717) is 12.4 Å². The van der Waals surface area contributed by atoms with Gasteiger partial charge in [-0.3, -0.25) is 4.79 Å². The first-order valence-corrected chi connectivity index (χ1v) is 5.43. The summed E-state index contributed by atoms with van der Waals surface area (Å²) in [4.78, 5) is 10.9. The van der Waals surface area contributed by atoms with Crippen molar-refractivity contribution < 1.29 is 9.53 Å². The van der Waals surface area contributed by atoms with Gasteiger partial charge in [-0.05, 0) is 24.8 Å². The number of rotatable bonds is 6. The number of amides is 1. The molecule has 1 aromatic carbocycles. The van der Waals surface area contributed by atoms with E-state index in [2.05, 4.69) is 17.2 Å². The first kappa shape index (κ1) is 13.3. The first-order valence-electron chi connectivity index (χ1n) is 5.43. The summed E-state index contributed by atoms with van der Waals surface area (Å²) in [5.74, 6) is 0.621. The number of carbonyl (C=O) groups excluding carboxylic acids is 1. The van der Waals surface area contributed by atoms with E-state index >= 15 is 0 Å². The number of benzene rings is 1. The van der Waals surface area contributed by atoms with Gasteiger partial charge in [0.25, 0.3) is 0 Å². The van der Waals surface area contributed by atoms with Crippen molar-refractivity contribution in [3.63, 3.8) is 0 Å². The van der Waals surface area contributed by atoms with Crippen LogP contribution in [0.1, 0.15) is 6.92 Å². The first-order chi connectivity index (χ1) is 8.11. The van der Waals surface area contributed by atoms with Gasteiger partial charge in [-0.1, -0.05) is 12.6 Å². The van der Waals surface area contributed by atoms with Crippen LogP contribution in [-0.2, 0) is 4.79 Å². The molecule has 0 fully saturated rings. The third-order valence-electron chi connectivity index (χ3n) is 2.02. The Balaban J connectivity index is 2.53. The van der Waals surface area contributed by atoms with Crippen LogP contribution in [0.2, 0.25) is 0 Å². The van der Waals surface area contributed by atoms with Crippen molar-refractivity contribution in [1.29, 1.82) is 0 Å². The molecule has 17 heavy (non-hydrogen) atoms. The normalized spacial score (nSPS) is 9.76. The highest BCUT2D eigenvalue weighted by Crippen LogP contribution is 2.17. The van der Waals surface area contributed by atoms with Crippen molar-refractivity contribution in [2.75, 3.05) is 25.5 Å². The molecular weight excluding hydrogens is 216 g/mol. The van der Waals surface area contributed by atoms with Gasteiger partial charge in [0.05, 0.1) is 0 Å². The van der Waals surface area contributed by atoms with E-state index in [4.69, 9.17) is 4.74 Å². The standard InChI is InChI=1S/C13H18N2O2/c1-10(8-14-3)9-17-13-6-4-5-12(7-13)15-11(2)16/h4-7,14H,1,8-9H2,2-3H3,(H,15,16). The average Bonchev–Trinajstić information content (AvgIpc) is 2.26. The topological polar surface area (TPSA) is 50.4 Å². The van der Waals surface area contributed by atoms with Crippen molar-refractivity contribution >= 4 is 11.6 Å². The van der Waals surface area contributed by atoms with Crippen LogP contribution >= 0.6 is 0 Å². The predicted octanol–water partition coefficient (Wildman–Crippen LogP) is 1.80. The molecule has 0 bridgehead atoms. The van der Waals surface area contributed by atoms with Crippen molar-refractivity contribution in [3.05, 3.63) is 36.4 Å². The maximum Gasteiger partial charge on any atom is 0.221 e. The summed E-state index contributed by atoms with van der Waals surface area (Å²) < 4.78 is 5.55. The van der Waals surface area contributed by atoms with E-state index < -0.39 is 0 Å². The summed E-state index contributed by atoms with van der Waals surface area (Å²) in [6.45, 7) is 6.54. The third kappa shape index (κ3) is 5.17. The Bertz CT molecular complexity index is 402. The fourth-order valence-corrected chi connectivity index (χ4v) is 1.35. The molecule has 0 aromatic heterocycles. The minimum atomic E-state index is -0.0956. The second kappa shape index (κ2) is 6.70. The Morgan fingerprint density at radius 1 is 1.47 bits per heavy atom. The van der Waals surface area contributed by atoms with E-state index in [0.717, 1.165) is 17.8 Å². The van der Waals surface area contributed by atoms with Crippen LogP contribution in [0.5, 0.6) is 5.75 Å². The molecule has 0 unspecified atom stereocenters. The van der Waals surface area contributed by atoms with Gasteiger partial charge in [-0.15, -0.1) is 0 Å². The van der Waals surface area contributed by atoms with Gasteiger partial charge in [0.1, 0.15) is 12.4 Å². The van der Waals surface area contributed by atoms with E-state index in [1.165, 1.54) is 6.92 Å². The Morgan fingerprint density at radius 2 is 2.24 bits per heavy atom. The number of hydrogen-bond donors (Lipinski definition) is 2. The minimum Gasteiger partial charge on any atom is -0.489 e. The second-order valence-corrected chi connectivity index (χ2v) is 3.78. The van der Waals surface area contributed by atoms with E-state index in [9.17, 15) is 4.79 Å². The van der Waals surface area contributed by atoms with Crippen LogP contribution < -0.4 is 15.4 Å². The van der Waals surface area contributed by atoms with Crippen molar-refractivity contribution in [2.45, 2.75) is 6.92 Å². The highest BCUT2D eigenvalue weighted by atomic mass is 16.5. The molecule has 2 N–H and O–H groups in total. The van der Waals surface area contributed by atoms with Gasteiger partial charge in [0.15, 0.2) is 0 Å². The average molecular weight is 234 g/mol. The maximum atomic E-state index is 10.9. The van der Waals surface area contributed by atoms with E-state index in [1.807, 2.05) is 25.2 Å². The zero-order valence-corrected chi connectivity index (χ0v) is 10.2. The highest BCUT2D eigenvalue weighted by molar-refractivity contribution is 5.88. The summed E-state index contributed by atoms with van der Waals surface area (Å²) >= 11 is 0. The summed E-state index contributed by atoms with van der Waals surface area (Å²) in [7, 11) is 1.86. The summed E-state index contributed by atoms with van der Waals surface area (Å²) in [5.41, 5.74) is 1.70. The highest BCUT2D eigenvalue weighted by Gasteiger charge is 1.99. The molecule has 0 radical (unpaired) electrons. The lowest BCUT2D eigenvalue weighted by Crippen LogP contribution is -2.14. The summed E-state index contributed by atoms with van der Waals surface area (Å²) in [5, 5.41) is 5.71. The Hall–Kier alpha value is -1.81. The Kier molecular flexibility index (Phi) is 5.23. The molecule has 1 rings (SSSR count). The number of anilines is 1. The summed E-state index contributed by atoms with van der Waals surface area (Å²) in [6, 6.07) is 7.28. The monoisotopic (exact) mass is 234 g/mol. The molecule has 92 valence electrons. The van der Waals surface area contributed by atoms with Crippen molar-refractivity contribution in [3.8, 4) is 5.75 Å². The molecule has 4 nitrogen and oxygen atoms in total. The fraction of sp³-hybridized carbons (Fsp3) is 0.308. The van der Waals surface area contributed by atoms with Gasteiger partial charge in [-0.25, -0.2) is 0 Å². The van der Waals surface area contributed by atoms with Gasteiger partial charge in [0, 0.05) is 25.2 Å². The zero-order valence-electron chi connectivity index (χ0n) is 10.2. The van der Waals surface area contributed by atoms with Crippen LogP contribution in [-0.4, -0.2) is 26.1 Å². The maximum absolute atomic E-state index is 10.9. The van der Waals surface area contributed by atoms with Crippen LogP contribution in [0.3, 0.4) is 0 Å². The largest absolute Gasteiger partial charge is 0.489 e. The van der Waals surface area contributed by atoms with Crippen molar-refractivity contribution in [1.82, 2.24) is 5.32 Å². The molecule has 0 aliphatic carbocycles.